The molecule has 0 aliphatic heterocycles. The van der Waals surface area contributed by atoms with Gasteiger partial charge in [-0.3, -0.25) is 9.59 Å². The third kappa shape index (κ3) is 3.77. The summed E-state index contributed by atoms with van der Waals surface area (Å²) >= 11 is 1.44. The smallest absolute Gasteiger partial charge is 0.341 e. The Kier molecular flexibility index (Phi) is 5.96. The molecule has 6 nitrogen and oxygen atoms in total. The van der Waals surface area contributed by atoms with Gasteiger partial charge in [0.15, 0.2) is 0 Å². The average molecular weight is 379 g/mol. The van der Waals surface area contributed by atoms with Crippen LogP contribution in [0.3, 0.4) is 0 Å². The molecule has 1 saturated carbocycles. The fourth-order valence-corrected chi connectivity index (χ4v) is 5.30. The number of aliphatic carboxylic acids is 1. The SMILES string of the molecule is CCOC(=O)c1c(NC(=O)[C@H]2CCCC[C@H]2C(=O)O)sc2c1CCCC2. The Morgan fingerprint density at radius 3 is 2.50 bits per heavy atom. The zero-order chi connectivity index (χ0) is 18.7. The van der Waals surface area contributed by atoms with E-state index in [-0.39, 0.29) is 12.5 Å². The zero-order valence-corrected chi connectivity index (χ0v) is 15.8. The van der Waals surface area contributed by atoms with Crippen molar-refractivity contribution in [2.24, 2.45) is 11.8 Å². The highest BCUT2D eigenvalue weighted by molar-refractivity contribution is 7.17. The van der Waals surface area contributed by atoms with E-state index in [1.54, 1.807) is 6.92 Å². The Bertz CT molecular complexity index is 711. The Labute approximate surface area is 156 Å². The molecule has 0 spiro atoms. The number of thiophene rings is 1. The van der Waals surface area contributed by atoms with Crippen molar-refractivity contribution < 1.29 is 24.2 Å². The number of hydrogen-bond acceptors (Lipinski definition) is 5. The number of carbonyl (C=O) groups excluding carboxylic acids is 2. The predicted molar refractivity (Wildman–Crippen MR) is 98.6 cm³/mol. The van der Waals surface area contributed by atoms with Gasteiger partial charge >= 0.3 is 11.9 Å². The highest BCUT2D eigenvalue weighted by Crippen LogP contribution is 2.40. The molecule has 2 N–H and O–H groups in total. The molecule has 2 aliphatic carbocycles. The van der Waals surface area contributed by atoms with Crippen molar-refractivity contribution >= 4 is 34.2 Å². The van der Waals surface area contributed by atoms with Gasteiger partial charge in [0.05, 0.1) is 24.0 Å². The van der Waals surface area contributed by atoms with E-state index in [1.807, 2.05) is 0 Å². The van der Waals surface area contributed by atoms with E-state index in [2.05, 4.69) is 5.32 Å². The number of carboxylic acid groups (broad SMARTS) is 1. The minimum absolute atomic E-state index is 0.278. The van der Waals surface area contributed by atoms with Crippen molar-refractivity contribution in [2.45, 2.75) is 58.3 Å². The quantitative estimate of drug-likeness (QED) is 0.762. The van der Waals surface area contributed by atoms with Crippen LogP contribution in [0.2, 0.25) is 0 Å². The van der Waals surface area contributed by atoms with E-state index < -0.39 is 23.8 Å². The second-order valence-electron chi connectivity index (χ2n) is 6.96. The number of rotatable bonds is 5. The van der Waals surface area contributed by atoms with E-state index in [0.717, 1.165) is 49.0 Å². The van der Waals surface area contributed by atoms with E-state index in [1.165, 1.54) is 11.3 Å². The number of carboxylic acids is 1. The normalized spacial score (nSPS) is 22.3. The molecule has 2 atom stereocenters. The van der Waals surface area contributed by atoms with E-state index >= 15 is 0 Å². The summed E-state index contributed by atoms with van der Waals surface area (Å²) in [4.78, 5) is 37.9. The van der Waals surface area contributed by atoms with Crippen molar-refractivity contribution in [3.05, 3.63) is 16.0 Å². The maximum absolute atomic E-state index is 12.8. The molecule has 0 unspecified atom stereocenters. The lowest BCUT2D eigenvalue weighted by atomic mass is 9.78. The van der Waals surface area contributed by atoms with Gasteiger partial charge < -0.3 is 15.2 Å². The van der Waals surface area contributed by atoms with Crippen LogP contribution in [0.5, 0.6) is 0 Å². The predicted octanol–water partition coefficient (Wildman–Crippen LogP) is 3.63. The Hall–Kier alpha value is -1.89. The highest BCUT2D eigenvalue weighted by atomic mass is 32.1. The zero-order valence-electron chi connectivity index (χ0n) is 15.0. The fraction of sp³-hybridized carbons (Fsp3) is 0.632. The average Bonchev–Trinajstić information content (AvgIpc) is 2.99. The van der Waals surface area contributed by atoms with Crippen molar-refractivity contribution in [1.29, 1.82) is 0 Å². The molecule has 7 heteroatoms. The van der Waals surface area contributed by atoms with Crippen LogP contribution in [0, 0.1) is 11.8 Å². The summed E-state index contributed by atoms with van der Waals surface area (Å²) in [6.07, 6.45) is 6.61. The molecule has 2 aliphatic rings. The van der Waals surface area contributed by atoms with Crippen molar-refractivity contribution in [1.82, 2.24) is 0 Å². The molecular formula is C19H25NO5S. The number of nitrogens with one attached hydrogen (secondary N) is 1. The van der Waals surface area contributed by atoms with Crippen LogP contribution < -0.4 is 5.32 Å². The second-order valence-corrected chi connectivity index (χ2v) is 8.07. The molecule has 142 valence electrons. The summed E-state index contributed by atoms with van der Waals surface area (Å²) in [5.74, 6) is -2.80. The maximum atomic E-state index is 12.8. The lowest BCUT2D eigenvalue weighted by Crippen LogP contribution is -2.36. The van der Waals surface area contributed by atoms with Crippen LogP contribution >= 0.6 is 11.3 Å². The first-order valence-electron chi connectivity index (χ1n) is 9.38. The van der Waals surface area contributed by atoms with E-state index in [0.29, 0.717) is 23.4 Å². The molecule has 1 amide bonds. The van der Waals surface area contributed by atoms with Gasteiger partial charge in [-0.15, -0.1) is 11.3 Å². The standard InChI is InChI=1S/C19H25NO5S/c1-2-25-19(24)15-13-9-5-6-10-14(13)26-17(15)20-16(21)11-7-3-4-8-12(11)18(22)23/h11-12H,2-10H2,1H3,(H,20,21)(H,22,23)/t11-,12+/m0/s1. The van der Waals surface area contributed by atoms with Crippen molar-refractivity contribution in [3.63, 3.8) is 0 Å². The number of ether oxygens (including phenoxy) is 1. The monoisotopic (exact) mass is 379 g/mol. The Morgan fingerprint density at radius 2 is 1.81 bits per heavy atom. The van der Waals surface area contributed by atoms with Gasteiger partial charge in [-0.05, 0) is 51.0 Å². The number of carbonyl (C=O) groups is 3. The summed E-state index contributed by atoms with van der Waals surface area (Å²) in [5, 5.41) is 12.8. The first-order chi connectivity index (χ1) is 12.5. The highest BCUT2D eigenvalue weighted by Gasteiger charge is 2.37. The minimum atomic E-state index is -0.916. The van der Waals surface area contributed by atoms with Gasteiger partial charge in [-0.2, -0.15) is 0 Å². The van der Waals surface area contributed by atoms with Gasteiger partial charge in [0.1, 0.15) is 5.00 Å². The second kappa shape index (κ2) is 8.20. The molecule has 1 aromatic heterocycles. The molecule has 0 radical (unpaired) electrons. The van der Waals surface area contributed by atoms with Crippen LogP contribution in [0.25, 0.3) is 0 Å². The molecule has 0 aromatic carbocycles. The van der Waals surface area contributed by atoms with Crippen LogP contribution in [0.15, 0.2) is 0 Å². The molecule has 26 heavy (non-hydrogen) atoms. The molecule has 1 aromatic rings. The lowest BCUT2D eigenvalue weighted by molar-refractivity contribution is -0.147. The summed E-state index contributed by atoms with van der Waals surface area (Å²) < 4.78 is 5.20. The van der Waals surface area contributed by atoms with Crippen molar-refractivity contribution in [3.8, 4) is 0 Å². The topological polar surface area (TPSA) is 92.7 Å². The first-order valence-corrected chi connectivity index (χ1v) is 10.2. The summed E-state index contributed by atoms with van der Waals surface area (Å²) in [6.45, 7) is 2.04. The molecule has 1 heterocycles. The first kappa shape index (κ1) is 18.9. The van der Waals surface area contributed by atoms with E-state index in [9.17, 15) is 19.5 Å². The van der Waals surface area contributed by atoms with E-state index in [4.69, 9.17) is 4.74 Å². The molecule has 0 saturated heterocycles. The Morgan fingerprint density at radius 1 is 1.12 bits per heavy atom. The summed E-state index contributed by atoms with van der Waals surface area (Å²) in [7, 11) is 0. The van der Waals surface area contributed by atoms with Gasteiger partial charge in [0.2, 0.25) is 5.91 Å². The van der Waals surface area contributed by atoms with Gasteiger partial charge in [-0.1, -0.05) is 12.8 Å². The Balaban J connectivity index is 1.86. The van der Waals surface area contributed by atoms with Crippen LogP contribution in [-0.4, -0.2) is 29.6 Å². The van der Waals surface area contributed by atoms with Gasteiger partial charge in [0, 0.05) is 4.88 Å². The number of aryl methyl sites for hydroxylation is 1. The molecular weight excluding hydrogens is 354 g/mol. The lowest BCUT2D eigenvalue weighted by Gasteiger charge is -2.27. The van der Waals surface area contributed by atoms with Crippen molar-refractivity contribution in [2.75, 3.05) is 11.9 Å². The molecule has 1 fully saturated rings. The summed E-state index contributed by atoms with van der Waals surface area (Å²) in [6, 6.07) is 0. The van der Waals surface area contributed by atoms with Crippen LogP contribution in [-0.2, 0) is 27.2 Å². The van der Waals surface area contributed by atoms with Crippen LogP contribution in [0.4, 0.5) is 5.00 Å². The largest absolute Gasteiger partial charge is 0.481 e. The number of fused-ring (bicyclic) bond motifs is 1. The number of anilines is 1. The van der Waals surface area contributed by atoms with Gasteiger partial charge in [-0.25, -0.2) is 4.79 Å². The number of amides is 1. The number of esters is 1. The molecule has 0 bridgehead atoms. The third-order valence-electron chi connectivity index (χ3n) is 5.31. The number of hydrogen-bond donors (Lipinski definition) is 2. The molecule has 3 rings (SSSR count). The fourth-order valence-electron chi connectivity index (χ4n) is 4.02. The van der Waals surface area contributed by atoms with Gasteiger partial charge in [0.25, 0.3) is 0 Å². The van der Waals surface area contributed by atoms with Crippen LogP contribution in [0.1, 0.15) is 66.2 Å². The minimum Gasteiger partial charge on any atom is -0.481 e. The third-order valence-corrected chi connectivity index (χ3v) is 6.51. The summed E-state index contributed by atoms with van der Waals surface area (Å²) in [5.41, 5.74) is 1.47. The maximum Gasteiger partial charge on any atom is 0.341 e.